The van der Waals surface area contributed by atoms with Crippen LogP contribution in [0.3, 0.4) is 0 Å². The molecule has 3 aromatic rings. The van der Waals surface area contributed by atoms with Crippen molar-refractivity contribution in [3.63, 3.8) is 0 Å². The molecule has 0 spiro atoms. The number of hydrogen-bond donors (Lipinski definition) is 1. The SMILES string of the molecule is CC.CC(C)(C)c1[nH]c2ccccc2c1-c1ccc(Br)cc1. The minimum absolute atomic E-state index is 0.0847. The van der Waals surface area contributed by atoms with Crippen molar-refractivity contribution in [2.75, 3.05) is 0 Å². The third-order valence-electron chi connectivity index (χ3n) is 3.59. The van der Waals surface area contributed by atoms with Crippen molar-refractivity contribution in [3.05, 3.63) is 58.7 Å². The second-order valence-corrected chi connectivity index (χ2v) is 7.09. The Morgan fingerprint density at radius 1 is 0.864 bits per heavy atom. The predicted molar refractivity (Wildman–Crippen MR) is 101 cm³/mol. The van der Waals surface area contributed by atoms with Crippen LogP contribution in [-0.4, -0.2) is 4.98 Å². The highest BCUT2D eigenvalue weighted by atomic mass is 79.9. The predicted octanol–water partition coefficient (Wildman–Crippen LogP) is 6.92. The Labute approximate surface area is 141 Å². The van der Waals surface area contributed by atoms with Crippen LogP contribution in [0.2, 0.25) is 0 Å². The molecule has 0 saturated carbocycles. The molecule has 116 valence electrons. The quantitative estimate of drug-likeness (QED) is 0.486. The number of benzene rings is 2. The van der Waals surface area contributed by atoms with Crippen molar-refractivity contribution >= 4 is 26.8 Å². The molecule has 0 amide bonds. The van der Waals surface area contributed by atoms with Crippen LogP contribution >= 0.6 is 15.9 Å². The summed E-state index contributed by atoms with van der Waals surface area (Å²) in [4.78, 5) is 3.61. The zero-order valence-electron chi connectivity index (χ0n) is 14.0. The molecule has 22 heavy (non-hydrogen) atoms. The van der Waals surface area contributed by atoms with E-state index < -0.39 is 0 Å². The van der Waals surface area contributed by atoms with E-state index in [0.717, 1.165) is 4.47 Å². The van der Waals surface area contributed by atoms with Crippen molar-refractivity contribution in [2.24, 2.45) is 0 Å². The third-order valence-corrected chi connectivity index (χ3v) is 4.12. The van der Waals surface area contributed by atoms with Gasteiger partial charge in [-0.15, -0.1) is 0 Å². The van der Waals surface area contributed by atoms with Gasteiger partial charge in [0, 0.05) is 32.0 Å². The van der Waals surface area contributed by atoms with Gasteiger partial charge in [-0.05, 0) is 23.8 Å². The normalized spacial score (nSPS) is 11.2. The summed E-state index contributed by atoms with van der Waals surface area (Å²) in [5, 5.41) is 1.29. The fraction of sp³-hybridized carbons (Fsp3) is 0.300. The van der Waals surface area contributed by atoms with Crippen molar-refractivity contribution in [1.82, 2.24) is 4.98 Å². The van der Waals surface area contributed by atoms with E-state index in [4.69, 9.17) is 0 Å². The van der Waals surface area contributed by atoms with Gasteiger partial charge in [-0.3, -0.25) is 0 Å². The zero-order chi connectivity index (χ0) is 16.3. The minimum Gasteiger partial charge on any atom is -0.357 e. The van der Waals surface area contributed by atoms with Gasteiger partial charge in [0.15, 0.2) is 0 Å². The van der Waals surface area contributed by atoms with Crippen molar-refractivity contribution in [3.8, 4) is 11.1 Å². The molecule has 1 heterocycles. The topological polar surface area (TPSA) is 15.8 Å². The standard InChI is InChI=1S/C18H18BrN.C2H6/c1-18(2,3)17-16(12-8-10-13(19)11-9-12)14-6-4-5-7-15(14)20-17;1-2/h4-11,20H,1-3H3;1-2H3. The maximum absolute atomic E-state index is 3.61. The van der Waals surface area contributed by atoms with Crippen LogP contribution in [0.1, 0.15) is 40.3 Å². The molecule has 3 rings (SSSR count). The van der Waals surface area contributed by atoms with E-state index >= 15 is 0 Å². The lowest BCUT2D eigenvalue weighted by molar-refractivity contribution is 0.576. The smallest absolute Gasteiger partial charge is 0.0462 e. The molecule has 0 aliphatic carbocycles. The first-order valence-electron chi connectivity index (χ1n) is 7.84. The number of para-hydroxylation sites is 1. The number of aromatic nitrogens is 1. The first-order valence-corrected chi connectivity index (χ1v) is 8.63. The highest BCUT2D eigenvalue weighted by molar-refractivity contribution is 9.10. The molecule has 0 aliphatic rings. The van der Waals surface area contributed by atoms with Crippen LogP contribution in [0.5, 0.6) is 0 Å². The van der Waals surface area contributed by atoms with Gasteiger partial charge >= 0.3 is 0 Å². The summed E-state index contributed by atoms with van der Waals surface area (Å²) in [6.45, 7) is 10.8. The Morgan fingerprint density at radius 2 is 1.45 bits per heavy atom. The fourth-order valence-corrected chi connectivity index (χ4v) is 2.89. The lowest BCUT2D eigenvalue weighted by atomic mass is 9.86. The summed E-state index contributed by atoms with van der Waals surface area (Å²) in [7, 11) is 0. The monoisotopic (exact) mass is 357 g/mol. The van der Waals surface area contributed by atoms with Gasteiger partial charge in [0.2, 0.25) is 0 Å². The van der Waals surface area contributed by atoms with Crippen LogP contribution in [0.25, 0.3) is 22.0 Å². The molecule has 0 unspecified atom stereocenters. The summed E-state index contributed by atoms with van der Waals surface area (Å²) in [5.74, 6) is 0. The average Bonchev–Trinajstić information content (AvgIpc) is 2.90. The number of hydrogen-bond acceptors (Lipinski definition) is 0. The highest BCUT2D eigenvalue weighted by Crippen LogP contribution is 2.38. The average molecular weight is 358 g/mol. The molecule has 1 aromatic heterocycles. The van der Waals surface area contributed by atoms with Gasteiger partial charge in [0.05, 0.1) is 0 Å². The number of aromatic amines is 1. The molecule has 0 saturated heterocycles. The molecule has 1 nitrogen and oxygen atoms in total. The highest BCUT2D eigenvalue weighted by Gasteiger charge is 2.23. The van der Waals surface area contributed by atoms with Crippen LogP contribution < -0.4 is 0 Å². The van der Waals surface area contributed by atoms with Gasteiger partial charge in [0.25, 0.3) is 0 Å². The van der Waals surface area contributed by atoms with E-state index in [0.29, 0.717) is 0 Å². The van der Waals surface area contributed by atoms with E-state index in [9.17, 15) is 0 Å². The molecular formula is C20H24BrN. The number of nitrogens with one attached hydrogen (secondary N) is 1. The summed E-state index contributed by atoms with van der Waals surface area (Å²) in [5.41, 5.74) is 5.16. The third kappa shape index (κ3) is 3.27. The summed E-state index contributed by atoms with van der Waals surface area (Å²) >= 11 is 3.51. The fourth-order valence-electron chi connectivity index (χ4n) is 2.62. The minimum atomic E-state index is 0.0847. The van der Waals surface area contributed by atoms with Gasteiger partial charge in [-0.25, -0.2) is 0 Å². The molecule has 0 radical (unpaired) electrons. The molecule has 0 aliphatic heterocycles. The zero-order valence-corrected chi connectivity index (χ0v) is 15.6. The van der Waals surface area contributed by atoms with Crippen molar-refractivity contribution < 1.29 is 0 Å². The Hall–Kier alpha value is -1.54. The first-order chi connectivity index (χ1) is 10.5. The molecule has 0 bridgehead atoms. The molecule has 2 aromatic carbocycles. The molecule has 2 heteroatoms. The Bertz CT molecular complexity index is 745. The number of H-pyrrole nitrogens is 1. The molecule has 0 atom stereocenters. The van der Waals surface area contributed by atoms with E-state index in [-0.39, 0.29) is 5.41 Å². The first kappa shape index (κ1) is 16.8. The van der Waals surface area contributed by atoms with Gasteiger partial charge < -0.3 is 4.98 Å². The van der Waals surface area contributed by atoms with Crippen LogP contribution in [0.4, 0.5) is 0 Å². The van der Waals surface area contributed by atoms with Gasteiger partial charge in [-0.2, -0.15) is 0 Å². The van der Waals surface area contributed by atoms with Crippen LogP contribution in [0, 0.1) is 0 Å². The number of halogens is 1. The second-order valence-electron chi connectivity index (χ2n) is 6.18. The van der Waals surface area contributed by atoms with E-state index in [1.807, 2.05) is 13.8 Å². The van der Waals surface area contributed by atoms with E-state index in [2.05, 4.69) is 90.2 Å². The molecule has 1 N–H and O–H groups in total. The lowest BCUT2D eigenvalue weighted by Crippen LogP contribution is -2.12. The Balaban J connectivity index is 0.000000847. The Morgan fingerprint density at radius 3 is 2.05 bits per heavy atom. The van der Waals surface area contributed by atoms with E-state index in [1.54, 1.807) is 0 Å². The van der Waals surface area contributed by atoms with Crippen LogP contribution in [-0.2, 0) is 5.41 Å². The van der Waals surface area contributed by atoms with Gasteiger partial charge in [0.1, 0.15) is 0 Å². The number of rotatable bonds is 1. The second kappa shape index (κ2) is 6.70. The van der Waals surface area contributed by atoms with Crippen molar-refractivity contribution in [1.29, 1.82) is 0 Å². The lowest BCUT2D eigenvalue weighted by Gasteiger charge is -2.19. The maximum Gasteiger partial charge on any atom is 0.0462 e. The van der Waals surface area contributed by atoms with Gasteiger partial charge in [-0.1, -0.05) is 80.9 Å². The van der Waals surface area contributed by atoms with E-state index in [1.165, 1.54) is 27.7 Å². The number of fused-ring (bicyclic) bond motifs is 1. The molecule has 0 fully saturated rings. The maximum atomic E-state index is 3.61. The Kier molecular flexibility index (Phi) is 5.12. The van der Waals surface area contributed by atoms with Crippen LogP contribution in [0.15, 0.2) is 53.0 Å². The summed E-state index contributed by atoms with van der Waals surface area (Å²) in [6, 6.07) is 17.1. The largest absolute Gasteiger partial charge is 0.357 e. The van der Waals surface area contributed by atoms with Crippen molar-refractivity contribution in [2.45, 2.75) is 40.0 Å². The summed E-state index contributed by atoms with van der Waals surface area (Å²) < 4.78 is 1.11. The molecular weight excluding hydrogens is 334 g/mol. The summed E-state index contributed by atoms with van der Waals surface area (Å²) in [6.07, 6.45) is 0.